The summed E-state index contributed by atoms with van der Waals surface area (Å²) in [4.78, 5) is 14.2. The van der Waals surface area contributed by atoms with Crippen LogP contribution >= 0.6 is 12.4 Å². The Morgan fingerprint density at radius 1 is 1.41 bits per heavy atom. The van der Waals surface area contributed by atoms with Crippen molar-refractivity contribution in [1.29, 1.82) is 0 Å². The molecule has 17 heavy (non-hydrogen) atoms. The summed E-state index contributed by atoms with van der Waals surface area (Å²) in [5, 5.41) is 0. The van der Waals surface area contributed by atoms with E-state index in [2.05, 4.69) is 0 Å². The van der Waals surface area contributed by atoms with Gasteiger partial charge in [-0.1, -0.05) is 6.42 Å². The average Bonchev–Trinajstić information content (AvgIpc) is 2.76. The van der Waals surface area contributed by atoms with Gasteiger partial charge >= 0.3 is 0 Å². The number of amides is 1. The normalized spacial score (nSPS) is 29.4. The summed E-state index contributed by atoms with van der Waals surface area (Å²) in [6, 6.07) is -0.0199. The van der Waals surface area contributed by atoms with E-state index in [9.17, 15) is 4.79 Å². The summed E-state index contributed by atoms with van der Waals surface area (Å²) < 4.78 is 4.95. The SMILES string of the molecule is COCC(N)C(=O)N1CCCC2CCCC21.Cl. The van der Waals surface area contributed by atoms with Crippen LogP contribution in [0.25, 0.3) is 0 Å². The minimum Gasteiger partial charge on any atom is -0.383 e. The quantitative estimate of drug-likeness (QED) is 0.831. The highest BCUT2D eigenvalue weighted by Gasteiger charge is 2.38. The Morgan fingerprint density at radius 3 is 2.82 bits per heavy atom. The number of fused-ring (bicyclic) bond motifs is 1. The van der Waals surface area contributed by atoms with E-state index in [0.717, 1.165) is 25.3 Å². The topological polar surface area (TPSA) is 55.6 Å². The molecule has 2 aliphatic rings. The van der Waals surface area contributed by atoms with Crippen LogP contribution in [0, 0.1) is 5.92 Å². The standard InChI is InChI=1S/C12H22N2O2.ClH/c1-16-8-10(13)12(15)14-7-3-5-9-4-2-6-11(9)14;/h9-11H,2-8,13H2,1H3;1H. The smallest absolute Gasteiger partial charge is 0.242 e. The third-order valence-corrected chi connectivity index (χ3v) is 3.94. The first kappa shape index (κ1) is 14.7. The van der Waals surface area contributed by atoms with E-state index >= 15 is 0 Å². The number of halogens is 1. The van der Waals surface area contributed by atoms with Crippen molar-refractivity contribution >= 4 is 18.3 Å². The molecule has 3 unspecified atom stereocenters. The molecular formula is C12H23ClN2O2. The summed E-state index contributed by atoms with van der Waals surface area (Å²) in [7, 11) is 1.59. The van der Waals surface area contributed by atoms with E-state index in [4.69, 9.17) is 10.5 Å². The van der Waals surface area contributed by atoms with Crippen LogP contribution < -0.4 is 5.73 Å². The fraction of sp³-hybridized carbons (Fsp3) is 0.917. The second-order valence-electron chi connectivity index (χ2n) is 4.99. The summed E-state index contributed by atoms with van der Waals surface area (Å²) >= 11 is 0. The monoisotopic (exact) mass is 262 g/mol. The number of methoxy groups -OCH3 is 1. The van der Waals surface area contributed by atoms with Crippen molar-refractivity contribution in [2.24, 2.45) is 11.7 Å². The van der Waals surface area contributed by atoms with Gasteiger partial charge in [-0.15, -0.1) is 12.4 Å². The zero-order valence-electron chi connectivity index (χ0n) is 10.4. The fourth-order valence-corrected chi connectivity index (χ4v) is 3.19. The number of nitrogens with zero attached hydrogens (tertiary/aromatic N) is 1. The summed E-state index contributed by atoms with van der Waals surface area (Å²) in [5.74, 6) is 0.811. The van der Waals surface area contributed by atoms with Crippen molar-refractivity contribution in [3.05, 3.63) is 0 Å². The van der Waals surface area contributed by atoms with Crippen LogP contribution in [0.4, 0.5) is 0 Å². The highest BCUT2D eigenvalue weighted by atomic mass is 35.5. The molecule has 0 spiro atoms. The Balaban J connectivity index is 0.00000144. The Bertz CT molecular complexity index is 263. The van der Waals surface area contributed by atoms with Gasteiger partial charge in [0, 0.05) is 19.7 Å². The van der Waals surface area contributed by atoms with Gasteiger partial charge in [-0.3, -0.25) is 4.79 Å². The van der Waals surface area contributed by atoms with Gasteiger partial charge < -0.3 is 15.4 Å². The van der Waals surface area contributed by atoms with Gasteiger partial charge in [0.15, 0.2) is 0 Å². The molecule has 5 heteroatoms. The Morgan fingerprint density at radius 2 is 2.12 bits per heavy atom. The first-order chi connectivity index (χ1) is 7.74. The lowest BCUT2D eigenvalue weighted by Crippen LogP contribution is -2.53. The molecule has 0 radical (unpaired) electrons. The van der Waals surface area contributed by atoms with E-state index in [-0.39, 0.29) is 18.3 Å². The van der Waals surface area contributed by atoms with Gasteiger partial charge in [0.2, 0.25) is 5.91 Å². The molecule has 1 aliphatic heterocycles. The van der Waals surface area contributed by atoms with Crippen molar-refractivity contribution in [1.82, 2.24) is 4.90 Å². The number of carbonyl (C=O) groups excluding carboxylic acids is 1. The molecule has 0 aromatic carbocycles. The molecule has 2 rings (SSSR count). The average molecular weight is 263 g/mol. The number of likely N-dealkylation sites (tertiary alicyclic amines) is 1. The molecular weight excluding hydrogens is 240 g/mol. The largest absolute Gasteiger partial charge is 0.383 e. The van der Waals surface area contributed by atoms with Crippen LogP contribution in [0.15, 0.2) is 0 Å². The lowest BCUT2D eigenvalue weighted by Gasteiger charge is -2.39. The zero-order chi connectivity index (χ0) is 11.5. The van der Waals surface area contributed by atoms with Gasteiger partial charge in [-0.25, -0.2) is 0 Å². The lowest BCUT2D eigenvalue weighted by atomic mass is 9.91. The number of piperidine rings is 1. The van der Waals surface area contributed by atoms with Crippen LogP contribution in [0.5, 0.6) is 0 Å². The first-order valence-electron chi connectivity index (χ1n) is 6.29. The molecule has 1 saturated carbocycles. The number of hydrogen-bond donors (Lipinski definition) is 1. The second-order valence-corrected chi connectivity index (χ2v) is 4.99. The number of ether oxygens (including phenoxy) is 1. The highest BCUT2D eigenvalue weighted by Crippen LogP contribution is 2.36. The molecule has 3 atom stereocenters. The highest BCUT2D eigenvalue weighted by molar-refractivity contribution is 5.85. The molecule has 0 aromatic heterocycles. The van der Waals surface area contributed by atoms with Gasteiger partial charge in [0.05, 0.1) is 6.61 Å². The van der Waals surface area contributed by atoms with E-state index in [1.165, 1.54) is 19.3 Å². The third kappa shape index (κ3) is 3.12. The van der Waals surface area contributed by atoms with Gasteiger partial charge in [0.25, 0.3) is 0 Å². The predicted octanol–water partition coefficient (Wildman–Crippen LogP) is 1.17. The summed E-state index contributed by atoms with van der Waals surface area (Å²) in [6.07, 6.45) is 6.13. The molecule has 0 aromatic rings. The van der Waals surface area contributed by atoms with E-state index in [1.807, 2.05) is 4.90 Å². The molecule has 2 N–H and O–H groups in total. The van der Waals surface area contributed by atoms with Crippen molar-refractivity contribution in [3.8, 4) is 0 Å². The van der Waals surface area contributed by atoms with Gasteiger partial charge in [-0.05, 0) is 31.6 Å². The molecule has 100 valence electrons. The summed E-state index contributed by atoms with van der Waals surface area (Å²) in [5.41, 5.74) is 5.83. The number of carbonyl (C=O) groups is 1. The number of nitrogens with two attached hydrogens (primary N) is 1. The minimum atomic E-state index is -0.482. The van der Waals surface area contributed by atoms with E-state index in [0.29, 0.717) is 12.6 Å². The second kappa shape index (κ2) is 6.57. The molecule has 4 nitrogen and oxygen atoms in total. The zero-order valence-corrected chi connectivity index (χ0v) is 11.2. The first-order valence-corrected chi connectivity index (χ1v) is 6.29. The number of rotatable bonds is 3. The Hall–Kier alpha value is -0.320. The van der Waals surface area contributed by atoms with Crippen LogP contribution in [-0.2, 0) is 9.53 Å². The van der Waals surface area contributed by atoms with Crippen molar-refractivity contribution in [3.63, 3.8) is 0 Å². The molecule has 1 saturated heterocycles. The maximum Gasteiger partial charge on any atom is 0.242 e. The van der Waals surface area contributed by atoms with Crippen LogP contribution in [0.1, 0.15) is 32.1 Å². The number of hydrogen-bond acceptors (Lipinski definition) is 3. The molecule has 1 amide bonds. The maximum atomic E-state index is 12.2. The molecule has 1 heterocycles. The van der Waals surface area contributed by atoms with Crippen LogP contribution in [0.3, 0.4) is 0 Å². The van der Waals surface area contributed by atoms with Crippen molar-refractivity contribution in [2.45, 2.75) is 44.2 Å². The van der Waals surface area contributed by atoms with E-state index in [1.54, 1.807) is 7.11 Å². The fourth-order valence-electron chi connectivity index (χ4n) is 3.19. The van der Waals surface area contributed by atoms with Crippen molar-refractivity contribution < 1.29 is 9.53 Å². The maximum absolute atomic E-state index is 12.2. The third-order valence-electron chi connectivity index (χ3n) is 3.94. The predicted molar refractivity (Wildman–Crippen MR) is 69.2 cm³/mol. The Kier molecular flexibility index (Phi) is 5.70. The van der Waals surface area contributed by atoms with Crippen molar-refractivity contribution in [2.75, 3.05) is 20.3 Å². The van der Waals surface area contributed by atoms with Crippen LogP contribution in [0.2, 0.25) is 0 Å². The van der Waals surface area contributed by atoms with Crippen LogP contribution in [-0.4, -0.2) is 43.2 Å². The van der Waals surface area contributed by atoms with Gasteiger partial charge in [-0.2, -0.15) is 0 Å². The van der Waals surface area contributed by atoms with E-state index < -0.39 is 6.04 Å². The van der Waals surface area contributed by atoms with Gasteiger partial charge in [0.1, 0.15) is 6.04 Å². The lowest BCUT2D eigenvalue weighted by molar-refractivity contribution is -0.138. The minimum absolute atomic E-state index is 0. The molecule has 2 fully saturated rings. The summed E-state index contributed by atoms with van der Waals surface area (Å²) in [6.45, 7) is 1.21. The molecule has 1 aliphatic carbocycles. The Labute approximate surface area is 109 Å². The molecule has 0 bridgehead atoms.